The number of rotatable bonds is 5. The van der Waals surface area contributed by atoms with E-state index in [-0.39, 0.29) is 17.9 Å². The first-order chi connectivity index (χ1) is 15.9. The van der Waals surface area contributed by atoms with Gasteiger partial charge < -0.3 is 15.0 Å². The van der Waals surface area contributed by atoms with E-state index in [4.69, 9.17) is 4.74 Å². The van der Waals surface area contributed by atoms with Gasteiger partial charge in [-0.25, -0.2) is 0 Å². The van der Waals surface area contributed by atoms with E-state index in [1.54, 1.807) is 18.3 Å². The Balaban J connectivity index is 1.23. The number of carbonyl (C=O) groups excluding carboxylic acids is 1. The molecular formula is C25H20F3N3O2. The summed E-state index contributed by atoms with van der Waals surface area (Å²) in [6, 6.07) is 17.1. The van der Waals surface area contributed by atoms with Crippen molar-refractivity contribution in [3.05, 3.63) is 89.9 Å². The van der Waals surface area contributed by atoms with E-state index in [2.05, 4.69) is 15.3 Å². The standard InChI is InChI=1S/C25H20F3N3O2/c26-25(27,28)23-9-6-16(13-30-23)17-10-19(11-17)33-18-7-8-21-20(12-18)22(14-29-21)31-24(32)15-4-2-1-3-5-15/h1-9,12-14,17,19,29H,10-11H2,(H,31,32)/t17-,19-. The second-order valence-corrected chi connectivity index (χ2v) is 8.11. The summed E-state index contributed by atoms with van der Waals surface area (Å²) in [4.78, 5) is 19.2. The SMILES string of the molecule is O=C(Nc1c[nH]c2ccc(O[C@H]3C[C@H](c4ccc(C(F)(F)F)nc4)C3)cc12)c1ccccc1. The maximum absolute atomic E-state index is 12.7. The van der Waals surface area contributed by atoms with E-state index >= 15 is 0 Å². The molecule has 4 aromatic rings. The summed E-state index contributed by atoms with van der Waals surface area (Å²) >= 11 is 0. The Kier molecular flexibility index (Phi) is 5.28. The van der Waals surface area contributed by atoms with Crippen LogP contribution in [0.1, 0.15) is 40.4 Å². The molecule has 2 heterocycles. The van der Waals surface area contributed by atoms with Crippen LogP contribution in [0.4, 0.5) is 18.9 Å². The smallest absolute Gasteiger partial charge is 0.433 e. The van der Waals surface area contributed by atoms with Gasteiger partial charge in [-0.15, -0.1) is 0 Å². The Labute approximate surface area is 187 Å². The Bertz CT molecular complexity index is 1280. The van der Waals surface area contributed by atoms with Crippen molar-refractivity contribution in [1.82, 2.24) is 9.97 Å². The van der Waals surface area contributed by atoms with Gasteiger partial charge in [-0.3, -0.25) is 9.78 Å². The number of halogens is 3. The Morgan fingerprint density at radius 3 is 2.55 bits per heavy atom. The molecule has 1 fully saturated rings. The summed E-state index contributed by atoms with van der Waals surface area (Å²) < 4.78 is 44.1. The number of nitrogens with zero attached hydrogens (tertiary/aromatic N) is 1. The van der Waals surface area contributed by atoms with Crippen LogP contribution in [0.5, 0.6) is 5.75 Å². The van der Waals surface area contributed by atoms with E-state index in [0.717, 1.165) is 22.5 Å². The van der Waals surface area contributed by atoms with E-state index in [0.29, 0.717) is 29.8 Å². The fourth-order valence-electron chi connectivity index (χ4n) is 4.00. The third-order valence-electron chi connectivity index (χ3n) is 5.88. The Morgan fingerprint density at radius 1 is 1.06 bits per heavy atom. The molecule has 0 atom stereocenters. The first-order valence-corrected chi connectivity index (χ1v) is 10.5. The van der Waals surface area contributed by atoms with Gasteiger partial charge in [0.05, 0.1) is 11.8 Å². The van der Waals surface area contributed by atoms with E-state index < -0.39 is 11.9 Å². The van der Waals surface area contributed by atoms with Crippen molar-refractivity contribution in [1.29, 1.82) is 0 Å². The van der Waals surface area contributed by atoms with Crippen LogP contribution in [0, 0.1) is 0 Å². The second-order valence-electron chi connectivity index (χ2n) is 8.11. The number of pyridine rings is 1. The maximum atomic E-state index is 12.7. The predicted molar refractivity (Wildman–Crippen MR) is 118 cm³/mol. The van der Waals surface area contributed by atoms with Crippen LogP contribution in [0.25, 0.3) is 10.9 Å². The number of hydrogen-bond donors (Lipinski definition) is 2. The molecule has 0 spiro atoms. The van der Waals surface area contributed by atoms with Crippen molar-refractivity contribution in [2.45, 2.75) is 31.0 Å². The molecule has 1 amide bonds. The molecular weight excluding hydrogens is 431 g/mol. The Hall–Kier alpha value is -3.81. The molecule has 0 unspecified atom stereocenters. The van der Waals surface area contributed by atoms with Crippen LogP contribution in [-0.4, -0.2) is 22.0 Å². The zero-order valence-corrected chi connectivity index (χ0v) is 17.4. The lowest BCUT2D eigenvalue weighted by Crippen LogP contribution is -2.32. The van der Waals surface area contributed by atoms with Gasteiger partial charge in [-0.1, -0.05) is 24.3 Å². The molecule has 1 aliphatic carbocycles. The quantitative estimate of drug-likeness (QED) is 0.382. The molecule has 2 N–H and O–H groups in total. The molecule has 2 aromatic heterocycles. The highest BCUT2D eigenvalue weighted by Crippen LogP contribution is 2.40. The zero-order valence-electron chi connectivity index (χ0n) is 17.4. The van der Waals surface area contributed by atoms with Crippen LogP contribution >= 0.6 is 0 Å². The van der Waals surface area contributed by atoms with E-state index in [1.165, 1.54) is 12.3 Å². The van der Waals surface area contributed by atoms with Gasteiger partial charge in [0.15, 0.2) is 0 Å². The molecule has 0 saturated heterocycles. The largest absolute Gasteiger partial charge is 0.490 e. The molecule has 1 saturated carbocycles. The van der Waals surface area contributed by atoms with Crippen LogP contribution in [0.3, 0.4) is 0 Å². The highest BCUT2D eigenvalue weighted by Gasteiger charge is 2.35. The van der Waals surface area contributed by atoms with Crippen molar-refractivity contribution in [3.8, 4) is 5.75 Å². The highest BCUT2D eigenvalue weighted by molar-refractivity contribution is 6.09. The number of carbonyl (C=O) groups is 1. The number of anilines is 1. The number of hydrogen-bond acceptors (Lipinski definition) is 3. The number of aromatic nitrogens is 2. The summed E-state index contributed by atoms with van der Waals surface area (Å²) in [6.45, 7) is 0. The van der Waals surface area contributed by atoms with Crippen LogP contribution in [-0.2, 0) is 6.18 Å². The monoisotopic (exact) mass is 451 g/mol. The van der Waals surface area contributed by atoms with Crippen LogP contribution < -0.4 is 10.1 Å². The van der Waals surface area contributed by atoms with Crippen LogP contribution in [0.2, 0.25) is 0 Å². The molecule has 33 heavy (non-hydrogen) atoms. The van der Waals surface area contributed by atoms with Gasteiger partial charge in [0.1, 0.15) is 11.4 Å². The third kappa shape index (κ3) is 4.41. The van der Waals surface area contributed by atoms with Gasteiger partial charge in [0.25, 0.3) is 5.91 Å². The maximum Gasteiger partial charge on any atom is 0.433 e. The second kappa shape index (κ2) is 8.27. The molecule has 8 heteroatoms. The number of nitrogens with one attached hydrogen (secondary N) is 2. The van der Waals surface area contributed by atoms with Crippen LogP contribution in [0.15, 0.2) is 73.1 Å². The first-order valence-electron chi connectivity index (χ1n) is 10.5. The summed E-state index contributed by atoms with van der Waals surface area (Å²) in [5.74, 6) is 0.600. The predicted octanol–water partition coefficient (Wildman–Crippen LogP) is 6.16. The lowest BCUT2D eigenvalue weighted by atomic mass is 9.78. The van der Waals surface area contributed by atoms with Gasteiger partial charge in [-0.05, 0) is 60.7 Å². The van der Waals surface area contributed by atoms with Crippen molar-refractivity contribution >= 4 is 22.5 Å². The number of alkyl halides is 3. The molecule has 0 bridgehead atoms. The zero-order chi connectivity index (χ0) is 23.0. The first kappa shape index (κ1) is 21.1. The normalized spacial score (nSPS) is 18.0. The van der Waals surface area contributed by atoms with Crippen molar-refractivity contribution in [3.63, 3.8) is 0 Å². The molecule has 0 aliphatic heterocycles. The fourth-order valence-corrected chi connectivity index (χ4v) is 4.00. The van der Waals surface area contributed by atoms with Gasteiger partial charge in [0.2, 0.25) is 0 Å². The van der Waals surface area contributed by atoms with Crippen molar-refractivity contribution in [2.75, 3.05) is 5.32 Å². The van der Waals surface area contributed by atoms with Gasteiger partial charge in [-0.2, -0.15) is 13.2 Å². The number of ether oxygens (including phenoxy) is 1. The summed E-state index contributed by atoms with van der Waals surface area (Å²) in [7, 11) is 0. The number of amides is 1. The summed E-state index contributed by atoms with van der Waals surface area (Å²) in [5, 5.41) is 3.75. The minimum absolute atomic E-state index is 0.0314. The summed E-state index contributed by atoms with van der Waals surface area (Å²) in [5.41, 5.74) is 2.00. The van der Waals surface area contributed by atoms with E-state index in [1.807, 2.05) is 36.4 Å². The highest BCUT2D eigenvalue weighted by atomic mass is 19.4. The molecule has 2 aromatic carbocycles. The average Bonchev–Trinajstić information content (AvgIpc) is 3.18. The Morgan fingerprint density at radius 2 is 1.85 bits per heavy atom. The van der Waals surface area contributed by atoms with Crippen molar-refractivity contribution < 1.29 is 22.7 Å². The molecule has 168 valence electrons. The average molecular weight is 451 g/mol. The van der Waals surface area contributed by atoms with Gasteiger partial charge >= 0.3 is 6.18 Å². The number of aromatic amines is 1. The molecule has 5 rings (SSSR count). The molecule has 0 radical (unpaired) electrons. The summed E-state index contributed by atoms with van der Waals surface area (Å²) in [6.07, 6.45) is -0.00837. The number of benzene rings is 2. The molecule has 1 aliphatic rings. The van der Waals surface area contributed by atoms with E-state index in [9.17, 15) is 18.0 Å². The fraction of sp³-hybridized carbons (Fsp3) is 0.200. The van der Waals surface area contributed by atoms with Crippen molar-refractivity contribution in [2.24, 2.45) is 0 Å². The number of H-pyrrole nitrogens is 1. The minimum atomic E-state index is -4.43. The lowest BCUT2D eigenvalue weighted by Gasteiger charge is -2.35. The lowest BCUT2D eigenvalue weighted by molar-refractivity contribution is -0.141. The third-order valence-corrected chi connectivity index (χ3v) is 5.88. The van der Waals surface area contributed by atoms with Gasteiger partial charge in [0, 0.05) is 28.9 Å². The molecule has 5 nitrogen and oxygen atoms in total. The minimum Gasteiger partial charge on any atom is -0.490 e. The number of fused-ring (bicyclic) bond motifs is 1. The topological polar surface area (TPSA) is 67.0 Å².